The van der Waals surface area contributed by atoms with E-state index in [4.69, 9.17) is 27.8 Å². The van der Waals surface area contributed by atoms with Gasteiger partial charge in [-0.05, 0) is 24.3 Å². The van der Waals surface area contributed by atoms with E-state index in [1.165, 1.54) is 12.1 Å². The van der Waals surface area contributed by atoms with Crippen molar-refractivity contribution in [2.24, 2.45) is 5.73 Å². The third kappa shape index (κ3) is 3.19. The van der Waals surface area contributed by atoms with Crippen LogP contribution in [0.5, 0.6) is 5.75 Å². The summed E-state index contributed by atoms with van der Waals surface area (Å²) >= 11 is 5.82. The fourth-order valence-corrected chi connectivity index (χ4v) is 1.77. The number of rotatable bonds is 4. The smallest absolute Gasteiger partial charge is 0.248 e. The van der Waals surface area contributed by atoms with Crippen molar-refractivity contribution < 1.29 is 13.9 Å². The molecule has 0 aliphatic heterocycles. The lowest BCUT2D eigenvalue weighted by molar-refractivity contribution is 0.0999. The summed E-state index contributed by atoms with van der Waals surface area (Å²) in [6, 6.07) is 8.73. The monoisotopic (exact) mass is 294 g/mol. The van der Waals surface area contributed by atoms with E-state index in [9.17, 15) is 9.18 Å². The molecule has 2 aromatic carbocycles. The molecule has 0 saturated heterocycles. The van der Waals surface area contributed by atoms with Crippen LogP contribution in [-0.4, -0.2) is 5.91 Å². The number of carbonyl (C=O) groups is 1. The van der Waals surface area contributed by atoms with Gasteiger partial charge in [-0.3, -0.25) is 4.79 Å². The number of primary amides is 1. The Morgan fingerprint density at radius 1 is 1.25 bits per heavy atom. The lowest BCUT2D eigenvalue weighted by atomic mass is 10.1. The highest BCUT2D eigenvalue weighted by Gasteiger charge is 2.09. The maximum Gasteiger partial charge on any atom is 0.248 e. The molecule has 4 nitrogen and oxygen atoms in total. The molecule has 0 radical (unpaired) electrons. The summed E-state index contributed by atoms with van der Waals surface area (Å²) in [4.78, 5) is 10.9. The molecule has 4 N–H and O–H groups in total. The van der Waals surface area contributed by atoms with Crippen LogP contribution >= 0.6 is 11.6 Å². The van der Waals surface area contributed by atoms with Gasteiger partial charge >= 0.3 is 0 Å². The minimum absolute atomic E-state index is 0.0323. The molecule has 2 rings (SSSR count). The van der Waals surface area contributed by atoms with E-state index in [0.717, 1.165) is 6.07 Å². The molecular weight excluding hydrogens is 283 g/mol. The van der Waals surface area contributed by atoms with Crippen molar-refractivity contribution in [3.63, 3.8) is 0 Å². The highest BCUT2D eigenvalue weighted by Crippen LogP contribution is 2.26. The van der Waals surface area contributed by atoms with Crippen molar-refractivity contribution in [2.45, 2.75) is 6.61 Å². The summed E-state index contributed by atoms with van der Waals surface area (Å²) in [6.07, 6.45) is 0. The molecular formula is C14H12ClFN2O2. The molecule has 0 aromatic heterocycles. The SMILES string of the molecule is NC(=O)c1ccc(COc2cc(Cl)ccc2N)c(F)c1. The van der Waals surface area contributed by atoms with Gasteiger partial charge in [0.05, 0.1) is 5.69 Å². The number of hydrogen-bond acceptors (Lipinski definition) is 3. The Morgan fingerprint density at radius 3 is 2.65 bits per heavy atom. The van der Waals surface area contributed by atoms with Gasteiger partial charge in [-0.15, -0.1) is 0 Å². The molecule has 0 saturated carbocycles. The van der Waals surface area contributed by atoms with E-state index in [0.29, 0.717) is 16.5 Å². The van der Waals surface area contributed by atoms with Gasteiger partial charge in [-0.2, -0.15) is 0 Å². The summed E-state index contributed by atoms with van der Waals surface area (Å²) in [6.45, 7) is -0.0323. The van der Waals surface area contributed by atoms with Crippen LogP contribution in [0.15, 0.2) is 36.4 Å². The Bertz CT molecular complexity index is 662. The quantitative estimate of drug-likeness (QED) is 0.851. The Hall–Kier alpha value is -2.27. The van der Waals surface area contributed by atoms with Gasteiger partial charge in [0.15, 0.2) is 0 Å². The lowest BCUT2D eigenvalue weighted by Crippen LogP contribution is -2.12. The first-order valence-electron chi connectivity index (χ1n) is 5.73. The van der Waals surface area contributed by atoms with Crippen molar-refractivity contribution in [1.29, 1.82) is 0 Å². The highest BCUT2D eigenvalue weighted by atomic mass is 35.5. The Balaban J connectivity index is 2.15. The molecule has 6 heteroatoms. The van der Waals surface area contributed by atoms with E-state index in [-0.39, 0.29) is 17.7 Å². The lowest BCUT2D eigenvalue weighted by Gasteiger charge is -2.10. The fourth-order valence-electron chi connectivity index (χ4n) is 1.61. The first kappa shape index (κ1) is 14.1. The number of anilines is 1. The first-order valence-corrected chi connectivity index (χ1v) is 6.11. The minimum Gasteiger partial charge on any atom is -0.487 e. The number of amides is 1. The van der Waals surface area contributed by atoms with Crippen molar-refractivity contribution in [1.82, 2.24) is 0 Å². The second kappa shape index (κ2) is 5.79. The highest BCUT2D eigenvalue weighted by molar-refractivity contribution is 6.30. The number of nitrogen functional groups attached to an aromatic ring is 1. The summed E-state index contributed by atoms with van der Waals surface area (Å²) < 4.78 is 19.2. The average Bonchev–Trinajstić information content (AvgIpc) is 2.40. The average molecular weight is 295 g/mol. The van der Waals surface area contributed by atoms with Crippen LogP contribution < -0.4 is 16.2 Å². The van der Waals surface area contributed by atoms with Crippen LogP contribution in [0, 0.1) is 5.82 Å². The maximum atomic E-state index is 13.7. The summed E-state index contributed by atoms with van der Waals surface area (Å²) in [5.74, 6) is -0.881. The van der Waals surface area contributed by atoms with Crippen LogP contribution in [0.1, 0.15) is 15.9 Å². The predicted octanol–water partition coefficient (Wildman–Crippen LogP) is 2.74. The minimum atomic E-state index is -0.685. The van der Waals surface area contributed by atoms with Gasteiger partial charge in [-0.1, -0.05) is 17.7 Å². The second-order valence-corrected chi connectivity index (χ2v) is 4.58. The normalized spacial score (nSPS) is 10.3. The first-order chi connectivity index (χ1) is 9.47. The molecule has 20 heavy (non-hydrogen) atoms. The predicted molar refractivity (Wildman–Crippen MR) is 75.1 cm³/mol. The molecule has 0 spiro atoms. The van der Waals surface area contributed by atoms with Crippen LogP contribution in [0.25, 0.3) is 0 Å². The van der Waals surface area contributed by atoms with Gasteiger partial charge in [0.25, 0.3) is 0 Å². The zero-order valence-corrected chi connectivity index (χ0v) is 11.2. The van der Waals surface area contributed by atoms with Crippen molar-refractivity contribution in [3.8, 4) is 5.75 Å². The van der Waals surface area contributed by atoms with Crippen molar-refractivity contribution in [3.05, 3.63) is 58.4 Å². The zero-order chi connectivity index (χ0) is 14.7. The molecule has 2 aromatic rings. The van der Waals surface area contributed by atoms with E-state index < -0.39 is 11.7 Å². The number of ether oxygens (including phenoxy) is 1. The molecule has 0 bridgehead atoms. The van der Waals surface area contributed by atoms with Crippen LogP contribution in [-0.2, 0) is 6.61 Å². The number of nitrogens with two attached hydrogens (primary N) is 2. The van der Waals surface area contributed by atoms with Crippen molar-refractivity contribution in [2.75, 3.05) is 5.73 Å². The largest absolute Gasteiger partial charge is 0.487 e. The molecule has 0 fully saturated rings. The number of halogens is 2. The fraction of sp³-hybridized carbons (Fsp3) is 0.0714. The topological polar surface area (TPSA) is 78.3 Å². The standard InChI is InChI=1S/C14H12ClFN2O2/c15-10-3-4-12(17)13(6-10)20-7-9-2-1-8(14(18)19)5-11(9)16/h1-6H,7,17H2,(H2,18,19). The van der Waals surface area contributed by atoms with Gasteiger partial charge < -0.3 is 16.2 Å². The van der Waals surface area contributed by atoms with E-state index >= 15 is 0 Å². The molecule has 1 amide bonds. The van der Waals surface area contributed by atoms with Crippen LogP contribution in [0.2, 0.25) is 5.02 Å². The molecule has 0 aliphatic carbocycles. The van der Waals surface area contributed by atoms with E-state index in [1.807, 2.05) is 0 Å². The molecule has 0 unspecified atom stereocenters. The molecule has 0 atom stereocenters. The summed E-state index contributed by atoms with van der Waals surface area (Å²) in [5, 5.41) is 0.471. The van der Waals surface area contributed by atoms with Crippen molar-refractivity contribution >= 4 is 23.2 Å². The van der Waals surface area contributed by atoms with Gasteiger partial charge in [0, 0.05) is 22.2 Å². The van der Waals surface area contributed by atoms with Crippen LogP contribution in [0.4, 0.5) is 10.1 Å². The van der Waals surface area contributed by atoms with E-state index in [1.54, 1.807) is 18.2 Å². The van der Waals surface area contributed by atoms with Gasteiger partial charge in [0.2, 0.25) is 5.91 Å². The number of carbonyl (C=O) groups excluding carboxylic acids is 1. The summed E-state index contributed by atoms with van der Waals surface area (Å²) in [5.41, 5.74) is 11.6. The van der Waals surface area contributed by atoms with Gasteiger partial charge in [-0.25, -0.2) is 4.39 Å². The Kier molecular flexibility index (Phi) is 4.10. The molecule has 104 valence electrons. The number of benzene rings is 2. The zero-order valence-electron chi connectivity index (χ0n) is 10.4. The molecule has 0 aliphatic rings. The van der Waals surface area contributed by atoms with E-state index in [2.05, 4.69) is 0 Å². The van der Waals surface area contributed by atoms with Crippen LogP contribution in [0.3, 0.4) is 0 Å². The Morgan fingerprint density at radius 2 is 2.00 bits per heavy atom. The van der Waals surface area contributed by atoms with Gasteiger partial charge in [0.1, 0.15) is 18.2 Å². The summed E-state index contributed by atoms with van der Waals surface area (Å²) in [7, 11) is 0. The Labute approximate surface area is 120 Å². The third-order valence-corrected chi connectivity index (χ3v) is 2.93. The molecule has 0 heterocycles. The third-order valence-electron chi connectivity index (χ3n) is 2.70. The second-order valence-electron chi connectivity index (χ2n) is 4.14. The maximum absolute atomic E-state index is 13.7. The number of hydrogen-bond donors (Lipinski definition) is 2.